The molecule has 4 heteroatoms. The van der Waals surface area contributed by atoms with Gasteiger partial charge >= 0.3 is 6.41 Å². The molecule has 0 saturated carbocycles. The Bertz CT molecular complexity index is 151. The van der Waals surface area contributed by atoms with Crippen LogP contribution in [0.25, 0.3) is 0 Å². The van der Waals surface area contributed by atoms with E-state index < -0.39 is 11.2 Å². The molecule has 0 heterocycles. The van der Waals surface area contributed by atoms with Gasteiger partial charge in [-0.1, -0.05) is 5.23 Å². The van der Waals surface area contributed by atoms with Gasteiger partial charge in [-0.3, -0.25) is 4.79 Å². The number of carbonyl (C=O) groups excluding carboxylic acids is 1. The van der Waals surface area contributed by atoms with E-state index in [0.29, 0.717) is 0 Å². The first-order valence-corrected chi connectivity index (χ1v) is 4.20. The molecule has 4 nitrogen and oxygen atoms in total. The highest BCUT2D eigenvalue weighted by Gasteiger charge is 2.22. The Labute approximate surface area is 79.7 Å². The Morgan fingerprint density at radius 1 is 0.923 bits per heavy atom. The minimum Gasteiger partial charge on any atom is -0.258 e. The maximum atomic E-state index is 10.4. The van der Waals surface area contributed by atoms with Crippen LogP contribution >= 0.6 is 0 Å². The molecule has 13 heavy (non-hydrogen) atoms. The van der Waals surface area contributed by atoms with Gasteiger partial charge in [-0.15, -0.1) is 0 Å². The lowest BCUT2D eigenvalue weighted by atomic mass is 10.2. The third-order valence-electron chi connectivity index (χ3n) is 0.788. The molecule has 0 aromatic rings. The van der Waals surface area contributed by atoms with Gasteiger partial charge in [0.05, 0.1) is 11.2 Å². The van der Waals surface area contributed by atoms with Crippen LogP contribution in [0.2, 0.25) is 0 Å². The Morgan fingerprint density at radius 2 is 1.23 bits per heavy atom. The van der Waals surface area contributed by atoms with Crippen molar-refractivity contribution < 1.29 is 14.5 Å². The fourth-order valence-corrected chi connectivity index (χ4v) is 0.553. The fourth-order valence-electron chi connectivity index (χ4n) is 0.553. The monoisotopic (exact) mass is 188 g/mol. The van der Waals surface area contributed by atoms with Crippen molar-refractivity contribution in [3.05, 3.63) is 0 Å². The quantitative estimate of drug-likeness (QED) is 0.501. The van der Waals surface area contributed by atoms with Gasteiger partial charge in [-0.25, -0.2) is 9.68 Å². The maximum Gasteiger partial charge on any atom is 0.366 e. The minimum absolute atomic E-state index is 0.470. The van der Waals surface area contributed by atoms with Crippen LogP contribution in [0.4, 0.5) is 0 Å². The minimum atomic E-state index is -0.470. The summed E-state index contributed by atoms with van der Waals surface area (Å²) in [6.45, 7) is 10.9. The number of hydroxylamine groups is 2. The summed E-state index contributed by atoms with van der Waals surface area (Å²) in [6.07, 6.45) is 1.55. The van der Waals surface area contributed by atoms with E-state index in [9.17, 15) is 4.79 Å². The summed E-state index contributed by atoms with van der Waals surface area (Å²) in [7, 11) is 0. The lowest BCUT2D eigenvalue weighted by molar-refractivity contribution is -0.384. The van der Waals surface area contributed by atoms with Gasteiger partial charge in [-0.05, 0) is 41.5 Å². The highest BCUT2D eigenvalue weighted by molar-refractivity contribution is 5.44. The summed E-state index contributed by atoms with van der Waals surface area (Å²) in [5.74, 6) is 0. The molecule has 0 unspecified atom stereocenters. The van der Waals surface area contributed by atoms with E-state index in [1.54, 1.807) is 6.41 Å². The summed E-state index contributed by atoms with van der Waals surface area (Å²) in [5.41, 5.74) is -0.939. The van der Waals surface area contributed by atoms with Crippen LogP contribution in [-0.2, 0) is 14.5 Å². The van der Waals surface area contributed by atoms with Crippen molar-refractivity contribution in [2.75, 3.05) is 0 Å². The summed E-state index contributed by atoms with van der Waals surface area (Å²) in [4.78, 5) is 20.7. The Hall–Kier alpha value is -0.610. The molecule has 0 aliphatic carbocycles. The Morgan fingerprint density at radius 3 is 1.38 bits per heavy atom. The SMILES string of the molecule is CC(C)(C)ON([C]=O)OC(C)(C)C. The number of amides is 1. The van der Waals surface area contributed by atoms with Crippen molar-refractivity contribution in [1.29, 1.82) is 0 Å². The molecule has 0 aliphatic heterocycles. The van der Waals surface area contributed by atoms with Gasteiger partial charge in [-0.2, -0.15) is 0 Å². The summed E-state index contributed by atoms with van der Waals surface area (Å²) < 4.78 is 0. The molecular weight excluding hydrogens is 170 g/mol. The summed E-state index contributed by atoms with van der Waals surface area (Å²) in [5, 5.41) is 0.736. The molecule has 0 aliphatic rings. The van der Waals surface area contributed by atoms with E-state index in [1.807, 2.05) is 41.5 Å². The zero-order valence-electron chi connectivity index (χ0n) is 9.17. The topological polar surface area (TPSA) is 38.8 Å². The van der Waals surface area contributed by atoms with Gasteiger partial charge in [0, 0.05) is 0 Å². The van der Waals surface area contributed by atoms with Crippen LogP contribution in [0.1, 0.15) is 41.5 Å². The van der Waals surface area contributed by atoms with Crippen LogP contribution in [0.3, 0.4) is 0 Å². The molecule has 1 radical (unpaired) electrons. The normalized spacial score (nSPS) is 12.8. The smallest absolute Gasteiger partial charge is 0.258 e. The molecule has 0 rings (SSSR count). The summed E-state index contributed by atoms with van der Waals surface area (Å²) >= 11 is 0. The molecule has 0 aromatic carbocycles. The average molecular weight is 188 g/mol. The first-order chi connectivity index (χ1) is 5.64. The molecule has 0 N–H and O–H groups in total. The Kier molecular flexibility index (Phi) is 3.88. The average Bonchev–Trinajstić information content (AvgIpc) is 1.79. The third kappa shape index (κ3) is 7.74. The zero-order valence-corrected chi connectivity index (χ0v) is 9.17. The molecule has 0 aromatic heterocycles. The van der Waals surface area contributed by atoms with E-state index in [2.05, 4.69) is 0 Å². The first kappa shape index (κ1) is 12.4. The first-order valence-electron chi connectivity index (χ1n) is 4.20. The molecule has 77 valence electrons. The van der Waals surface area contributed by atoms with Crippen LogP contribution in [0.15, 0.2) is 0 Å². The number of hydrogen-bond donors (Lipinski definition) is 0. The second-order valence-corrected chi connectivity index (χ2v) is 4.76. The molecule has 0 bridgehead atoms. The largest absolute Gasteiger partial charge is 0.366 e. The standard InChI is InChI=1S/C9H18NO3/c1-8(2,3)12-10(7-11)13-9(4,5)6/h1-6H3. The van der Waals surface area contributed by atoms with Crippen molar-refractivity contribution in [2.24, 2.45) is 0 Å². The van der Waals surface area contributed by atoms with Gasteiger partial charge in [0.2, 0.25) is 0 Å². The molecular formula is C9H18NO3. The maximum absolute atomic E-state index is 10.4. The van der Waals surface area contributed by atoms with Crippen LogP contribution in [0, 0.1) is 0 Å². The van der Waals surface area contributed by atoms with Crippen LogP contribution < -0.4 is 0 Å². The van der Waals surface area contributed by atoms with Gasteiger partial charge in [0.15, 0.2) is 0 Å². The van der Waals surface area contributed by atoms with Gasteiger partial charge in [0.1, 0.15) is 0 Å². The predicted octanol–water partition coefficient (Wildman–Crippen LogP) is 1.82. The van der Waals surface area contributed by atoms with E-state index >= 15 is 0 Å². The number of rotatable bonds is 3. The number of hydrogen-bond acceptors (Lipinski definition) is 3. The van der Waals surface area contributed by atoms with Crippen molar-refractivity contribution in [2.45, 2.75) is 52.7 Å². The van der Waals surface area contributed by atoms with Crippen LogP contribution in [0.5, 0.6) is 0 Å². The van der Waals surface area contributed by atoms with Crippen molar-refractivity contribution in [3.63, 3.8) is 0 Å². The Balaban J connectivity index is 4.13. The van der Waals surface area contributed by atoms with E-state index in [-0.39, 0.29) is 0 Å². The highest BCUT2D eigenvalue weighted by Crippen LogP contribution is 2.14. The lowest BCUT2D eigenvalue weighted by Crippen LogP contribution is -2.38. The summed E-state index contributed by atoms with van der Waals surface area (Å²) in [6, 6.07) is 0. The fraction of sp³-hybridized carbons (Fsp3) is 0.889. The molecule has 0 fully saturated rings. The van der Waals surface area contributed by atoms with Crippen LogP contribution in [-0.4, -0.2) is 22.8 Å². The number of nitrogens with zero attached hydrogens (tertiary/aromatic N) is 1. The van der Waals surface area contributed by atoms with Crippen molar-refractivity contribution >= 4 is 6.41 Å². The van der Waals surface area contributed by atoms with Crippen molar-refractivity contribution in [3.8, 4) is 0 Å². The molecule has 0 spiro atoms. The predicted molar refractivity (Wildman–Crippen MR) is 49.2 cm³/mol. The molecule has 1 amide bonds. The molecule has 0 atom stereocenters. The third-order valence-corrected chi connectivity index (χ3v) is 0.788. The van der Waals surface area contributed by atoms with E-state index in [4.69, 9.17) is 9.68 Å². The zero-order chi connectivity index (χ0) is 10.7. The van der Waals surface area contributed by atoms with E-state index in [1.165, 1.54) is 0 Å². The van der Waals surface area contributed by atoms with Gasteiger partial charge in [0.25, 0.3) is 0 Å². The van der Waals surface area contributed by atoms with Crippen molar-refractivity contribution in [1.82, 2.24) is 5.23 Å². The van der Waals surface area contributed by atoms with E-state index in [0.717, 1.165) is 5.23 Å². The molecule has 0 saturated heterocycles. The van der Waals surface area contributed by atoms with Gasteiger partial charge < -0.3 is 0 Å². The highest BCUT2D eigenvalue weighted by atomic mass is 17.0. The second kappa shape index (κ2) is 4.07. The lowest BCUT2D eigenvalue weighted by Gasteiger charge is -2.29. The second-order valence-electron chi connectivity index (χ2n) is 4.76.